The summed E-state index contributed by atoms with van der Waals surface area (Å²) in [5.74, 6) is -0.374. The van der Waals surface area contributed by atoms with Gasteiger partial charge in [-0.05, 0) is 62.6 Å². The fourth-order valence-corrected chi connectivity index (χ4v) is 4.17. The van der Waals surface area contributed by atoms with Crippen LogP contribution in [0.4, 0.5) is 0 Å². The van der Waals surface area contributed by atoms with Gasteiger partial charge in [0.1, 0.15) is 11.5 Å². The van der Waals surface area contributed by atoms with Crippen LogP contribution in [0.5, 0.6) is 0 Å². The second-order valence-electron chi connectivity index (χ2n) is 8.91. The van der Waals surface area contributed by atoms with E-state index < -0.39 is 11.5 Å². The number of aryl methyl sites for hydroxylation is 2. The molecule has 1 fully saturated rings. The van der Waals surface area contributed by atoms with Crippen LogP contribution in [0.15, 0.2) is 48.5 Å². The molecule has 0 radical (unpaired) electrons. The molecule has 4 heteroatoms. The lowest BCUT2D eigenvalue weighted by molar-refractivity contribution is -0.162. The summed E-state index contributed by atoms with van der Waals surface area (Å²) in [6.07, 6.45) is 2.17. The second kappa shape index (κ2) is 9.46. The van der Waals surface area contributed by atoms with Crippen molar-refractivity contribution in [2.75, 3.05) is 6.61 Å². The molecule has 1 aliphatic rings. The molecule has 0 N–H and O–H groups in total. The van der Waals surface area contributed by atoms with E-state index in [0.717, 1.165) is 17.5 Å². The van der Waals surface area contributed by atoms with Crippen LogP contribution in [-0.2, 0) is 20.7 Å². The smallest absolute Gasteiger partial charge is 0.338 e. The maximum atomic E-state index is 13.3. The molecule has 0 aliphatic heterocycles. The Morgan fingerprint density at radius 3 is 2.43 bits per heavy atom. The molecular formula is C26H32O4. The van der Waals surface area contributed by atoms with Crippen LogP contribution < -0.4 is 0 Å². The Hall–Kier alpha value is -2.62. The molecule has 2 atom stereocenters. The van der Waals surface area contributed by atoms with Crippen molar-refractivity contribution in [3.63, 3.8) is 0 Å². The summed E-state index contributed by atoms with van der Waals surface area (Å²) in [7, 11) is 0. The van der Waals surface area contributed by atoms with E-state index in [0.29, 0.717) is 31.4 Å². The average molecular weight is 409 g/mol. The number of rotatable bonds is 7. The van der Waals surface area contributed by atoms with Crippen molar-refractivity contribution in [1.82, 2.24) is 0 Å². The third-order valence-electron chi connectivity index (χ3n) is 5.91. The first-order valence-electron chi connectivity index (χ1n) is 10.8. The lowest BCUT2D eigenvalue weighted by atomic mass is 9.78. The molecule has 160 valence electrons. The summed E-state index contributed by atoms with van der Waals surface area (Å²) in [6.45, 7) is 8.34. The number of benzene rings is 2. The third kappa shape index (κ3) is 4.92. The Labute approximate surface area is 179 Å². The molecule has 0 bridgehead atoms. The van der Waals surface area contributed by atoms with E-state index in [9.17, 15) is 9.59 Å². The molecule has 4 nitrogen and oxygen atoms in total. The van der Waals surface area contributed by atoms with Crippen molar-refractivity contribution in [2.45, 2.75) is 59.5 Å². The molecule has 0 spiro atoms. The summed E-state index contributed by atoms with van der Waals surface area (Å²) >= 11 is 0. The Balaban J connectivity index is 1.88. The van der Waals surface area contributed by atoms with Gasteiger partial charge in [0, 0.05) is 0 Å². The lowest BCUT2D eigenvalue weighted by Gasteiger charge is -2.33. The SMILES string of the molecule is Cc1ccc(CC2(C(=O)OCC(C)C)CCCC2OC(=O)c2ccccc2C)cc1. The van der Waals surface area contributed by atoms with Gasteiger partial charge < -0.3 is 9.47 Å². The molecule has 2 aromatic rings. The van der Waals surface area contributed by atoms with Crippen molar-refractivity contribution in [2.24, 2.45) is 11.3 Å². The van der Waals surface area contributed by atoms with Gasteiger partial charge in [0.2, 0.25) is 0 Å². The van der Waals surface area contributed by atoms with E-state index in [2.05, 4.69) is 0 Å². The number of esters is 2. The van der Waals surface area contributed by atoms with Crippen LogP contribution >= 0.6 is 0 Å². The number of hydrogen-bond donors (Lipinski definition) is 0. The van der Waals surface area contributed by atoms with Gasteiger partial charge in [-0.2, -0.15) is 0 Å². The van der Waals surface area contributed by atoms with Gasteiger partial charge >= 0.3 is 11.9 Å². The molecule has 0 aromatic heterocycles. The Bertz CT molecular complexity index is 884. The molecule has 0 amide bonds. The number of ether oxygens (including phenoxy) is 2. The van der Waals surface area contributed by atoms with E-state index in [4.69, 9.17) is 9.47 Å². The van der Waals surface area contributed by atoms with Crippen molar-refractivity contribution < 1.29 is 19.1 Å². The summed E-state index contributed by atoms with van der Waals surface area (Å²) in [5, 5.41) is 0. The van der Waals surface area contributed by atoms with E-state index in [-0.39, 0.29) is 17.9 Å². The van der Waals surface area contributed by atoms with Gasteiger partial charge in [-0.25, -0.2) is 4.79 Å². The van der Waals surface area contributed by atoms with Crippen LogP contribution in [0, 0.1) is 25.2 Å². The van der Waals surface area contributed by atoms with Gasteiger partial charge in [-0.1, -0.05) is 61.9 Å². The van der Waals surface area contributed by atoms with E-state index >= 15 is 0 Å². The maximum Gasteiger partial charge on any atom is 0.338 e. The minimum absolute atomic E-state index is 0.250. The molecule has 2 aromatic carbocycles. The summed E-state index contributed by atoms with van der Waals surface area (Å²) in [5.41, 5.74) is 2.80. The zero-order valence-electron chi connectivity index (χ0n) is 18.4. The molecule has 2 unspecified atom stereocenters. The third-order valence-corrected chi connectivity index (χ3v) is 5.91. The average Bonchev–Trinajstić information content (AvgIpc) is 3.11. The zero-order chi connectivity index (χ0) is 21.7. The largest absolute Gasteiger partial charge is 0.465 e. The quantitative estimate of drug-likeness (QED) is 0.572. The Morgan fingerprint density at radius 2 is 1.77 bits per heavy atom. The Morgan fingerprint density at radius 1 is 1.07 bits per heavy atom. The highest BCUT2D eigenvalue weighted by Crippen LogP contribution is 2.44. The van der Waals surface area contributed by atoms with Crippen molar-refractivity contribution in [3.8, 4) is 0 Å². The number of carbonyl (C=O) groups is 2. The van der Waals surface area contributed by atoms with Crippen LogP contribution in [0.3, 0.4) is 0 Å². The fourth-order valence-electron chi connectivity index (χ4n) is 4.17. The van der Waals surface area contributed by atoms with Crippen LogP contribution in [-0.4, -0.2) is 24.6 Å². The number of hydrogen-bond acceptors (Lipinski definition) is 4. The molecule has 1 saturated carbocycles. The predicted octanol–water partition coefficient (Wildman–Crippen LogP) is 5.44. The standard InChI is InChI=1S/C26H32O4/c1-18(2)17-29-25(28)26(16-21-13-11-19(3)12-14-21)15-7-10-23(26)30-24(27)22-9-6-5-8-20(22)4/h5-6,8-9,11-14,18,23H,7,10,15-17H2,1-4H3. The zero-order valence-corrected chi connectivity index (χ0v) is 18.4. The van der Waals surface area contributed by atoms with Gasteiger partial charge in [-0.3, -0.25) is 4.79 Å². The van der Waals surface area contributed by atoms with Crippen molar-refractivity contribution in [1.29, 1.82) is 0 Å². The monoisotopic (exact) mass is 408 g/mol. The first-order chi connectivity index (χ1) is 14.3. The first-order valence-corrected chi connectivity index (χ1v) is 10.8. The minimum Gasteiger partial charge on any atom is -0.465 e. The highest BCUT2D eigenvalue weighted by atomic mass is 16.6. The van der Waals surface area contributed by atoms with Gasteiger partial charge in [0.05, 0.1) is 12.2 Å². The molecule has 30 heavy (non-hydrogen) atoms. The molecular weight excluding hydrogens is 376 g/mol. The van der Waals surface area contributed by atoms with Crippen molar-refractivity contribution in [3.05, 3.63) is 70.8 Å². The summed E-state index contributed by atoms with van der Waals surface area (Å²) < 4.78 is 11.7. The molecule has 0 heterocycles. The van der Waals surface area contributed by atoms with Gasteiger partial charge in [-0.15, -0.1) is 0 Å². The van der Waals surface area contributed by atoms with E-state index in [1.54, 1.807) is 6.07 Å². The Kier molecular flexibility index (Phi) is 6.96. The highest BCUT2D eigenvalue weighted by Gasteiger charge is 2.52. The summed E-state index contributed by atoms with van der Waals surface area (Å²) in [4.78, 5) is 26.2. The topological polar surface area (TPSA) is 52.6 Å². The fraction of sp³-hybridized carbons (Fsp3) is 0.462. The van der Waals surface area contributed by atoms with Crippen LogP contribution in [0.2, 0.25) is 0 Å². The van der Waals surface area contributed by atoms with Gasteiger partial charge in [0.25, 0.3) is 0 Å². The van der Waals surface area contributed by atoms with E-state index in [1.165, 1.54) is 5.56 Å². The summed E-state index contributed by atoms with van der Waals surface area (Å²) in [6, 6.07) is 15.6. The predicted molar refractivity (Wildman–Crippen MR) is 117 cm³/mol. The molecule has 3 rings (SSSR count). The minimum atomic E-state index is -0.845. The normalized spacial score (nSPS) is 20.9. The van der Waals surface area contributed by atoms with E-state index in [1.807, 2.05) is 70.2 Å². The molecule has 0 saturated heterocycles. The van der Waals surface area contributed by atoms with Crippen LogP contribution in [0.25, 0.3) is 0 Å². The highest BCUT2D eigenvalue weighted by molar-refractivity contribution is 5.91. The van der Waals surface area contributed by atoms with Crippen LogP contribution in [0.1, 0.15) is 60.2 Å². The maximum absolute atomic E-state index is 13.3. The first kappa shape index (κ1) is 22.1. The second-order valence-corrected chi connectivity index (χ2v) is 8.91. The molecule has 1 aliphatic carbocycles. The van der Waals surface area contributed by atoms with Gasteiger partial charge in [0.15, 0.2) is 0 Å². The van der Waals surface area contributed by atoms with Crippen molar-refractivity contribution >= 4 is 11.9 Å². The lowest BCUT2D eigenvalue weighted by Crippen LogP contribution is -2.44. The number of carbonyl (C=O) groups excluding carboxylic acids is 2.